The lowest BCUT2D eigenvalue weighted by atomic mass is 9.93. The summed E-state index contributed by atoms with van der Waals surface area (Å²) in [5.41, 5.74) is 2.03. The van der Waals surface area contributed by atoms with Crippen LogP contribution in [0.15, 0.2) is 10.9 Å². The van der Waals surface area contributed by atoms with Crippen LogP contribution in [0.25, 0.3) is 5.65 Å². The lowest BCUT2D eigenvalue weighted by Gasteiger charge is -2.32. The molecule has 1 fully saturated rings. The van der Waals surface area contributed by atoms with Gasteiger partial charge in [0.1, 0.15) is 6.61 Å². The molecule has 2 aromatic heterocycles. The minimum Gasteiger partial charge on any atom is -0.375 e. The summed E-state index contributed by atoms with van der Waals surface area (Å²) in [7, 11) is 1.51. The number of nitrogens with one attached hydrogen (secondary N) is 1. The van der Waals surface area contributed by atoms with Gasteiger partial charge < -0.3 is 14.5 Å². The van der Waals surface area contributed by atoms with Gasteiger partial charge in [-0.3, -0.25) is 19.5 Å². The Balaban J connectivity index is 1.67. The lowest BCUT2D eigenvalue weighted by Crippen LogP contribution is -2.44. The Kier molecular flexibility index (Phi) is 5.17. The Morgan fingerprint density at radius 1 is 1.30 bits per heavy atom. The van der Waals surface area contributed by atoms with Crippen LogP contribution in [0, 0.1) is 5.41 Å². The predicted molar refractivity (Wildman–Crippen MR) is 110 cm³/mol. The van der Waals surface area contributed by atoms with E-state index in [1.165, 1.54) is 11.6 Å². The molecule has 1 saturated heterocycles. The number of nitrogens with zero attached hydrogens (tertiary/aromatic N) is 4. The second-order valence-corrected chi connectivity index (χ2v) is 9.15. The molecule has 162 valence electrons. The van der Waals surface area contributed by atoms with Gasteiger partial charge in [-0.15, -0.1) is 0 Å². The first-order chi connectivity index (χ1) is 14.2. The Labute approximate surface area is 175 Å². The predicted octanol–water partition coefficient (Wildman–Crippen LogP) is 1.26. The van der Waals surface area contributed by atoms with E-state index in [0.29, 0.717) is 43.0 Å². The summed E-state index contributed by atoms with van der Waals surface area (Å²) in [5.74, 6) is -0.00208. The fraction of sp³-hybridized carbons (Fsp3) is 0.619. The molecular weight excluding hydrogens is 386 g/mol. The molecule has 2 aromatic rings. The van der Waals surface area contributed by atoms with Gasteiger partial charge >= 0.3 is 0 Å². The zero-order chi connectivity index (χ0) is 21.6. The monoisotopic (exact) mass is 415 g/mol. The summed E-state index contributed by atoms with van der Waals surface area (Å²) in [6.45, 7) is 7.26. The summed E-state index contributed by atoms with van der Waals surface area (Å²) < 4.78 is 6.46. The van der Waals surface area contributed by atoms with Gasteiger partial charge in [-0.2, -0.15) is 0 Å². The van der Waals surface area contributed by atoms with E-state index in [1.807, 2.05) is 26.8 Å². The molecule has 2 aliphatic rings. The number of methoxy groups -OCH3 is 1. The molecule has 9 heteroatoms. The molecule has 2 aliphatic heterocycles. The van der Waals surface area contributed by atoms with E-state index >= 15 is 0 Å². The van der Waals surface area contributed by atoms with Crippen molar-refractivity contribution in [2.24, 2.45) is 5.41 Å². The third-order valence-corrected chi connectivity index (χ3v) is 5.91. The molecule has 0 aliphatic carbocycles. The van der Waals surface area contributed by atoms with Crippen LogP contribution in [-0.4, -0.2) is 63.0 Å². The van der Waals surface area contributed by atoms with Crippen LogP contribution >= 0.6 is 0 Å². The molecule has 9 nitrogen and oxygen atoms in total. The van der Waals surface area contributed by atoms with Crippen molar-refractivity contribution < 1.29 is 14.3 Å². The fourth-order valence-corrected chi connectivity index (χ4v) is 4.43. The highest BCUT2D eigenvalue weighted by Crippen LogP contribution is 2.31. The summed E-state index contributed by atoms with van der Waals surface area (Å²) in [5, 5.41) is 3.17. The van der Waals surface area contributed by atoms with Crippen LogP contribution in [0.2, 0.25) is 0 Å². The Hall–Kier alpha value is -2.68. The summed E-state index contributed by atoms with van der Waals surface area (Å²) in [6, 6.07) is 1.72. The van der Waals surface area contributed by atoms with Gasteiger partial charge in [-0.25, -0.2) is 9.50 Å². The highest BCUT2D eigenvalue weighted by Gasteiger charge is 2.33. The minimum absolute atomic E-state index is 0.0425. The third-order valence-electron chi connectivity index (χ3n) is 5.91. The maximum Gasteiger partial charge on any atom is 0.276 e. The number of rotatable bonds is 3. The second kappa shape index (κ2) is 7.54. The van der Waals surface area contributed by atoms with Gasteiger partial charge in [-0.05, 0) is 19.3 Å². The normalized spacial score (nSPS) is 19.4. The summed E-state index contributed by atoms with van der Waals surface area (Å²) in [6.07, 6.45) is 2.21. The van der Waals surface area contributed by atoms with E-state index in [4.69, 9.17) is 9.72 Å². The average Bonchev–Trinajstić information content (AvgIpc) is 3.33. The highest BCUT2D eigenvalue weighted by atomic mass is 16.5. The maximum atomic E-state index is 13.1. The van der Waals surface area contributed by atoms with Crippen LogP contribution < -0.4 is 5.56 Å². The number of carbonyl (C=O) groups is 2. The minimum atomic E-state index is -0.474. The highest BCUT2D eigenvalue weighted by molar-refractivity contribution is 5.81. The Morgan fingerprint density at radius 2 is 2.07 bits per heavy atom. The number of aromatic nitrogens is 3. The molecule has 4 rings (SSSR count). The third kappa shape index (κ3) is 3.51. The van der Waals surface area contributed by atoms with Gasteiger partial charge in [0.15, 0.2) is 5.65 Å². The van der Waals surface area contributed by atoms with Gasteiger partial charge in [0.05, 0.1) is 24.0 Å². The number of H-pyrrole nitrogens is 1. The van der Waals surface area contributed by atoms with Crippen molar-refractivity contribution >= 4 is 17.5 Å². The quantitative estimate of drug-likeness (QED) is 0.814. The number of ether oxygens (including phenoxy) is 1. The number of hydrogen-bond acceptors (Lipinski definition) is 5. The standard InChI is InChI=1S/C21H29N5O4/c1-21(2,3)20(29)24-9-7-13-15(11-24)22-17-10-14(23-26(17)19(13)28)16-6-5-8-25(16)18(27)12-30-4/h10,16,23H,5-9,11-12H2,1-4H3/t16-/m1/s1. The number of hydrogen-bond donors (Lipinski definition) is 1. The molecule has 30 heavy (non-hydrogen) atoms. The molecule has 0 saturated carbocycles. The molecule has 2 amide bonds. The first-order valence-corrected chi connectivity index (χ1v) is 10.4. The van der Waals surface area contributed by atoms with E-state index in [-0.39, 0.29) is 30.0 Å². The molecular formula is C21H29N5O4. The van der Waals surface area contributed by atoms with Crippen molar-refractivity contribution in [3.8, 4) is 0 Å². The SMILES string of the molecule is COCC(=O)N1CCC[C@@H]1c1cc2nc3c(c(=O)n2[nH]1)CCN(C(=O)C(C)(C)C)C3. The number of fused-ring (bicyclic) bond motifs is 2. The van der Waals surface area contributed by atoms with Crippen molar-refractivity contribution in [3.63, 3.8) is 0 Å². The average molecular weight is 415 g/mol. The Bertz CT molecular complexity index is 1050. The molecule has 0 radical (unpaired) electrons. The number of carbonyl (C=O) groups excluding carboxylic acids is 2. The van der Waals surface area contributed by atoms with Crippen LogP contribution in [0.3, 0.4) is 0 Å². The van der Waals surface area contributed by atoms with Crippen molar-refractivity contribution in [2.45, 2.75) is 52.6 Å². The van der Waals surface area contributed by atoms with Crippen molar-refractivity contribution in [1.29, 1.82) is 0 Å². The summed E-state index contributed by atoms with van der Waals surface area (Å²) >= 11 is 0. The second-order valence-electron chi connectivity index (χ2n) is 9.15. The molecule has 4 heterocycles. The lowest BCUT2D eigenvalue weighted by molar-refractivity contribution is -0.140. The molecule has 0 spiro atoms. The number of likely N-dealkylation sites (tertiary alicyclic amines) is 1. The molecule has 1 atom stereocenters. The Morgan fingerprint density at radius 3 is 2.77 bits per heavy atom. The van der Waals surface area contributed by atoms with E-state index in [1.54, 1.807) is 9.80 Å². The number of aromatic amines is 1. The van der Waals surface area contributed by atoms with E-state index in [2.05, 4.69) is 5.10 Å². The topological polar surface area (TPSA) is 100 Å². The first kappa shape index (κ1) is 20.6. The molecule has 0 bridgehead atoms. The van der Waals surface area contributed by atoms with Crippen LogP contribution in [-0.2, 0) is 27.3 Å². The van der Waals surface area contributed by atoms with Crippen molar-refractivity contribution in [1.82, 2.24) is 24.4 Å². The van der Waals surface area contributed by atoms with Gasteiger partial charge in [-0.1, -0.05) is 20.8 Å². The van der Waals surface area contributed by atoms with Crippen LogP contribution in [0.4, 0.5) is 0 Å². The summed E-state index contributed by atoms with van der Waals surface area (Å²) in [4.78, 5) is 46.4. The fourth-order valence-electron chi connectivity index (χ4n) is 4.43. The van der Waals surface area contributed by atoms with E-state index in [9.17, 15) is 14.4 Å². The molecule has 0 aromatic carbocycles. The largest absolute Gasteiger partial charge is 0.375 e. The van der Waals surface area contributed by atoms with Gasteiger partial charge in [0, 0.05) is 37.2 Å². The first-order valence-electron chi connectivity index (χ1n) is 10.4. The van der Waals surface area contributed by atoms with Crippen LogP contribution in [0.1, 0.15) is 56.6 Å². The van der Waals surface area contributed by atoms with Gasteiger partial charge in [0.2, 0.25) is 11.8 Å². The zero-order valence-electron chi connectivity index (χ0n) is 18.0. The van der Waals surface area contributed by atoms with Gasteiger partial charge in [0.25, 0.3) is 5.56 Å². The van der Waals surface area contributed by atoms with E-state index in [0.717, 1.165) is 18.5 Å². The maximum absolute atomic E-state index is 13.1. The molecule has 0 unspecified atom stereocenters. The van der Waals surface area contributed by atoms with E-state index < -0.39 is 5.41 Å². The van der Waals surface area contributed by atoms with Crippen molar-refractivity contribution in [2.75, 3.05) is 26.8 Å². The number of amides is 2. The zero-order valence-corrected chi connectivity index (χ0v) is 18.0. The molecule has 1 N–H and O–H groups in total. The van der Waals surface area contributed by atoms with Crippen molar-refractivity contribution in [3.05, 3.63) is 33.4 Å². The smallest absolute Gasteiger partial charge is 0.276 e. The van der Waals surface area contributed by atoms with Crippen LogP contribution in [0.5, 0.6) is 0 Å².